The van der Waals surface area contributed by atoms with Gasteiger partial charge in [0.1, 0.15) is 6.10 Å². The summed E-state index contributed by atoms with van der Waals surface area (Å²) >= 11 is 0. The number of carbonyl (C=O) groups excluding carboxylic acids is 1. The van der Waals surface area contributed by atoms with Crippen LogP contribution in [0.3, 0.4) is 0 Å². The van der Waals surface area contributed by atoms with E-state index < -0.39 is 47.7 Å². The SMILES string of the molecule is CC[C@@H]1C[C@H](N(Cc2cc(C(F)(F)F)cc(C(F)(F)F)c2)c2ncc(-c3cnn(C)c3)cn2)C[C@H](CC)N1C(=O)OC1CN(CC(=O)O)C1. The van der Waals surface area contributed by atoms with Crippen LogP contribution in [0.4, 0.5) is 37.1 Å². The van der Waals surface area contributed by atoms with E-state index in [1.54, 1.807) is 38.8 Å². The number of aromatic nitrogens is 4. The first kappa shape index (κ1) is 35.9. The third kappa shape index (κ3) is 8.43. The van der Waals surface area contributed by atoms with Crippen LogP contribution in [0.25, 0.3) is 11.1 Å². The Kier molecular flexibility index (Phi) is 10.4. The van der Waals surface area contributed by atoms with Crippen LogP contribution < -0.4 is 4.90 Å². The molecule has 3 atom stereocenters. The van der Waals surface area contributed by atoms with Gasteiger partial charge in [-0.1, -0.05) is 13.8 Å². The van der Waals surface area contributed by atoms with Crippen molar-refractivity contribution in [1.82, 2.24) is 29.5 Å². The van der Waals surface area contributed by atoms with Gasteiger partial charge in [-0.2, -0.15) is 31.4 Å². The molecule has 11 nitrogen and oxygen atoms in total. The molecule has 4 heterocycles. The third-order valence-electron chi connectivity index (χ3n) is 8.95. The fourth-order valence-corrected chi connectivity index (χ4v) is 6.51. The van der Waals surface area contributed by atoms with Gasteiger partial charge >= 0.3 is 24.4 Å². The van der Waals surface area contributed by atoms with Crippen LogP contribution in [0, 0.1) is 0 Å². The topological polar surface area (TPSA) is 117 Å². The van der Waals surface area contributed by atoms with Crippen molar-refractivity contribution in [3.05, 3.63) is 59.7 Å². The quantitative estimate of drug-likeness (QED) is 0.261. The molecule has 2 saturated heterocycles. The Morgan fingerprint density at radius 3 is 1.96 bits per heavy atom. The minimum absolute atomic E-state index is 0.0976. The van der Waals surface area contributed by atoms with Crippen molar-refractivity contribution in [1.29, 1.82) is 0 Å². The van der Waals surface area contributed by atoms with E-state index in [1.165, 1.54) is 12.4 Å². The van der Waals surface area contributed by atoms with Crippen molar-refractivity contribution in [2.24, 2.45) is 7.05 Å². The van der Waals surface area contributed by atoms with Crippen LogP contribution in [0.1, 0.15) is 56.2 Å². The molecule has 0 radical (unpaired) electrons. The van der Waals surface area contributed by atoms with Gasteiger partial charge in [0.25, 0.3) is 0 Å². The summed E-state index contributed by atoms with van der Waals surface area (Å²) in [5.74, 6) is -0.874. The zero-order chi connectivity index (χ0) is 35.7. The van der Waals surface area contributed by atoms with E-state index in [-0.39, 0.29) is 42.8 Å². The molecule has 2 fully saturated rings. The number of anilines is 1. The summed E-state index contributed by atoms with van der Waals surface area (Å²) in [5, 5.41) is 13.1. The lowest BCUT2D eigenvalue weighted by atomic mass is 9.87. The monoisotopic (exact) mass is 697 g/mol. The number of benzene rings is 1. The predicted molar refractivity (Wildman–Crippen MR) is 164 cm³/mol. The number of piperidine rings is 1. The Hall–Kier alpha value is -4.41. The van der Waals surface area contributed by atoms with Crippen molar-refractivity contribution in [3.63, 3.8) is 0 Å². The molecule has 2 aromatic heterocycles. The second-order valence-electron chi connectivity index (χ2n) is 12.5. The van der Waals surface area contributed by atoms with Crippen LogP contribution >= 0.6 is 0 Å². The number of aryl methyl sites for hydroxylation is 1. The highest BCUT2D eigenvalue weighted by atomic mass is 19.4. The smallest absolute Gasteiger partial charge is 0.416 e. The number of carboxylic acid groups (broad SMARTS) is 1. The minimum Gasteiger partial charge on any atom is -0.480 e. The molecule has 0 spiro atoms. The molecule has 0 unspecified atom stereocenters. The normalized spacial score (nSPS) is 20.6. The molecule has 0 aliphatic carbocycles. The molecule has 266 valence electrons. The number of amides is 1. The first-order valence-corrected chi connectivity index (χ1v) is 15.8. The van der Waals surface area contributed by atoms with E-state index >= 15 is 0 Å². The number of carboxylic acids is 1. The van der Waals surface area contributed by atoms with Crippen molar-refractivity contribution in [2.45, 2.75) is 82.7 Å². The lowest BCUT2D eigenvalue weighted by Crippen LogP contribution is -2.60. The Labute approximate surface area is 278 Å². The van der Waals surface area contributed by atoms with Crippen LogP contribution in [-0.2, 0) is 35.5 Å². The van der Waals surface area contributed by atoms with Gasteiger partial charge in [0.05, 0.1) is 23.9 Å². The fraction of sp³-hybridized carbons (Fsp3) is 0.531. The standard InChI is InChI=1S/C32H37F6N7O4/c1-4-24-9-26(10-25(5-2)45(24)30(48)49-27-16-43(17-27)18-28(46)47)44(29-39-11-20(12-40-29)21-13-41-42(3)15-21)14-19-6-22(31(33,34)35)8-23(7-19)32(36,37)38/h6-8,11-13,15,24-27H,4-5,9-10,14,16-18H2,1-3H3,(H,46,47)/t24-,25+,26+. The molecule has 2 aliphatic rings. The summed E-state index contributed by atoms with van der Waals surface area (Å²) in [6.45, 7) is 3.82. The van der Waals surface area contributed by atoms with Gasteiger partial charge in [-0.15, -0.1) is 0 Å². The second-order valence-corrected chi connectivity index (χ2v) is 12.5. The van der Waals surface area contributed by atoms with Gasteiger partial charge < -0.3 is 19.6 Å². The summed E-state index contributed by atoms with van der Waals surface area (Å²) in [4.78, 5) is 38.3. The van der Waals surface area contributed by atoms with Crippen LogP contribution in [0.2, 0.25) is 0 Å². The molecule has 5 rings (SSSR count). The molecule has 1 N–H and O–H groups in total. The first-order chi connectivity index (χ1) is 23.0. The molecular weight excluding hydrogens is 660 g/mol. The maximum Gasteiger partial charge on any atom is 0.416 e. The van der Waals surface area contributed by atoms with Gasteiger partial charge in [-0.25, -0.2) is 14.8 Å². The average molecular weight is 698 g/mol. The van der Waals surface area contributed by atoms with Crippen molar-refractivity contribution < 1.29 is 45.8 Å². The molecular formula is C32H37F6N7O4. The molecule has 1 aromatic carbocycles. The van der Waals surface area contributed by atoms with E-state index in [1.807, 2.05) is 13.8 Å². The molecule has 0 saturated carbocycles. The van der Waals surface area contributed by atoms with Gasteiger partial charge in [0.15, 0.2) is 0 Å². The zero-order valence-electron chi connectivity index (χ0n) is 27.1. The maximum atomic E-state index is 13.8. The van der Waals surface area contributed by atoms with Gasteiger partial charge in [-0.05, 0) is 49.4 Å². The molecule has 1 amide bonds. The summed E-state index contributed by atoms with van der Waals surface area (Å²) in [6, 6.07) is 0.285. The lowest BCUT2D eigenvalue weighted by Gasteiger charge is -2.48. The number of hydrogen-bond acceptors (Lipinski definition) is 8. The van der Waals surface area contributed by atoms with Crippen LogP contribution in [0.15, 0.2) is 43.0 Å². The fourth-order valence-electron chi connectivity index (χ4n) is 6.51. The Morgan fingerprint density at radius 1 is 0.918 bits per heavy atom. The second kappa shape index (κ2) is 14.2. The van der Waals surface area contributed by atoms with E-state index in [2.05, 4.69) is 15.1 Å². The highest BCUT2D eigenvalue weighted by Gasteiger charge is 2.43. The number of likely N-dealkylation sites (tertiary alicyclic amines) is 2. The minimum atomic E-state index is -5.01. The van der Waals surface area contributed by atoms with Crippen molar-refractivity contribution in [3.8, 4) is 11.1 Å². The molecule has 0 bridgehead atoms. The maximum absolute atomic E-state index is 13.8. The van der Waals surface area contributed by atoms with E-state index in [0.29, 0.717) is 56.5 Å². The Balaban J connectivity index is 1.45. The number of ether oxygens (including phenoxy) is 1. The Morgan fingerprint density at radius 2 is 1.49 bits per heavy atom. The summed E-state index contributed by atoms with van der Waals surface area (Å²) in [7, 11) is 1.74. The van der Waals surface area contributed by atoms with Crippen molar-refractivity contribution >= 4 is 18.0 Å². The molecule has 2 aliphatic heterocycles. The van der Waals surface area contributed by atoms with Crippen molar-refractivity contribution in [2.75, 3.05) is 24.5 Å². The largest absolute Gasteiger partial charge is 0.480 e. The van der Waals surface area contributed by atoms with Gasteiger partial charge in [-0.3, -0.25) is 14.4 Å². The predicted octanol–water partition coefficient (Wildman–Crippen LogP) is 5.85. The number of alkyl halides is 6. The first-order valence-electron chi connectivity index (χ1n) is 15.8. The van der Waals surface area contributed by atoms with Crippen LogP contribution in [0.5, 0.6) is 0 Å². The van der Waals surface area contributed by atoms with E-state index in [4.69, 9.17) is 9.84 Å². The highest BCUT2D eigenvalue weighted by molar-refractivity contribution is 5.70. The summed E-state index contributed by atoms with van der Waals surface area (Å²) in [6.07, 6.45) is -3.02. The number of aliphatic carboxylic acids is 1. The highest BCUT2D eigenvalue weighted by Crippen LogP contribution is 2.38. The molecule has 49 heavy (non-hydrogen) atoms. The van der Waals surface area contributed by atoms with E-state index in [0.717, 1.165) is 5.56 Å². The Bertz CT molecular complexity index is 1580. The summed E-state index contributed by atoms with van der Waals surface area (Å²) < 4.78 is 90.0. The number of carbonyl (C=O) groups is 2. The average Bonchev–Trinajstić information content (AvgIpc) is 3.46. The molecule has 17 heteroatoms. The molecule has 3 aromatic rings. The van der Waals surface area contributed by atoms with Gasteiger partial charge in [0.2, 0.25) is 5.95 Å². The number of rotatable bonds is 10. The third-order valence-corrected chi connectivity index (χ3v) is 8.95. The zero-order valence-corrected chi connectivity index (χ0v) is 27.1. The lowest BCUT2D eigenvalue weighted by molar-refractivity contribution is -0.143. The van der Waals surface area contributed by atoms with E-state index in [9.17, 15) is 35.9 Å². The summed E-state index contributed by atoms with van der Waals surface area (Å²) in [5.41, 5.74) is -1.73. The number of hydrogen-bond donors (Lipinski definition) is 1. The number of nitrogens with zero attached hydrogens (tertiary/aromatic N) is 7. The van der Waals surface area contributed by atoms with Gasteiger partial charge in [0, 0.05) is 74.5 Å². The van der Waals surface area contributed by atoms with Crippen LogP contribution in [-0.4, -0.2) is 90.6 Å². The number of halogens is 6.